The third kappa shape index (κ3) is 3.26. The normalized spacial score (nSPS) is 29.0. The van der Waals surface area contributed by atoms with E-state index in [-0.39, 0.29) is 6.10 Å². The van der Waals surface area contributed by atoms with Gasteiger partial charge >= 0.3 is 0 Å². The standard InChI is InChI=1S/C17H22N2O2/c1-20-12-15-5-6-16-17(21-15)7-8-19(16)11-14-4-2-3-13(9-14)10-18/h2-4,9,15-17H,5-8,11-12H2,1H3/t15-,16+,17+/m0/s1. The Morgan fingerprint density at radius 2 is 2.29 bits per heavy atom. The summed E-state index contributed by atoms with van der Waals surface area (Å²) in [5, 5.41) is 8.99. The van der Waals surface area contributed by atoms with Gasteiger partial charge < -0.3 is 9.47 Å². The van der Waals surface area contributed by atoms with Crippen molar-refractivity contribution in [3.8, 4) is 6.07 Å². The SMILES string of the molecule is COC[C@@H]1CC[C@@H]2[C@@H](CCN2Cc2cccc(C#N)c2)O1. The molecule has 0 N–H and O–H groups in total. The van der Waals surface area contributed by atoms with Crippen LogP contribution >= 0.6 is 0 Å². The lowest BCUT2D eigenvalue weighted by Gasteiger charge is -2.35. The molecule has 3 atom stereocenters. The van der Waals surface area contributed by atoms with Crippen molar-refractivity contribution in [3.63, 3.8) is 0 Å². The summed E-state index contributed by atoms with van der Waals surface area (Å²) in [6, 6.07) is 10.6. The van der Waals surface area contributed by atoms with Crippen molar-refractivity contribution in [1.29, 1.82) is 5.26 Å². The van der Waals surface area contributed by atoms with Gasteiger partial charge in [-0.2, -0.15) is 5.26 Å². The highest BCUT2D eigenvalue weighted by Crippen LogP contribution is 2.32. The summed E-state index contributed by atoms with van der Waals surface area (Å²) in [4.78, 5) is 2.50. The van der Waals surface area contributed by atoms with Gasteiger partial charge in [-0.3, -0.25) is 4.90 Å². The molecule has 0 spiro atoms. The van der Waals surface area contributed by atoms with Crippen molar-refractivity contribution < 1.29 is 9.47 Å². The zero-order chi connectivity index (χ0) is 14.7. The predicted molar refractivity (Wildman–Crippen MR) is 79.7 cm³/mol. The van der Waals surface area contributed by atoms with E-state index in [0.29, 0.717) is 18.8 Å². The Morgan fingerprint density at radius 1 is 1.38 bits per heavy atom. The molecule has 0 saturated carbocycles. The molecule has 0 amide bonds. The third-order valence-electron chi connectivity index (χ3n) is 4.54. The molecule has 4 heteroatoms. The minimum Gasteiger partial charge on any atom is -0.382 e. The second kappa shape index (κ2) is 6.57. The largest absolute Gasteiger partial charge is 0.382 e. The van der Waals surface area contributed by atoms with Crippen LogP contribution in [0.3, 0.4) is 0 Å². The minimum absolute atomic E-state index is 0.262. The average molecular weight is 286 g/mol. The molecular weight excluding hydrogens is 264 g/mol. The van der Waals surface area contributed by atoms with E-state index in [4.69, 9.17) is 14.7 Å². The molecule has 2 aliphatic rings. The van der Waals surface area contributed by atoms with E-state index in [1.807, 2.05) is 18.2 Å². The average Bonchev–Trinajstić information content (AvgIpc) is 2.90. The minimum atomic E-state index is 0.262. The molecule has 0 unspecified atom stereocenters. The van der Waals surface area contributed by atoms with Gasteiger partial charge in [0.05, 0.1) is 30.4 Å². The van der Waals surface area contributed by atoms with Crippen LogP contribution in [-0.2, 0) is 16.0 Å². The molecule has 1 aromatic carbocycles. The summed E-state index contributed by atoms with van der Waals surface area (Å²) in [6.07, 6.45) is 3.96. The molecule has 2 fully saturated rings. The summed E-state index contributed by atoms with van der Waals surface area (Å²) in [5.41, 5.74) is 1.96. The third-order valence-corrected chi connectivity index (χ3v) is 4.54. The molecule has 0 radical (unpaired) electrons. The van der Waals surface area contributed by atoms with E-state index in [2.05, 4.69) is 17.0 Å². The molecule has 2 aliphatic heterocycles. The Labute approximate surface area is 126 Å². The Bertz CT molecular complexity index is 526. The van der Waals surface area contributed by atoms with Crippen molar-refractivity contribution in [3.05, 3.63) is 35.4 Å². The van der Waals surface area contributed by atoms with E-state index >= 15 is 0 Å². The van der Waals surface area contributed by atoms with Crippen LogP contribution in [0.4, 0.5) is 0 Å². The first kappa shape index (κ1) is 14.5. The van der Waals surface area contributed by atoms with Crippen LogP contribution in [0.1, 0.15) is 30.4 Å². The second-order valence-corrected chi connectivity index (χ2v) is 5.97. The first-order chi connectivity index (χ1) is 10.3. The number of methoxy groups -OCH3 is 1. The van der Waals surface area contributed by atoms with Crippen molar-refractivity contribution in [2.24, 2.45) is 0 Å². The van der Waals surface area contributed by atoms with E-state index in [9.17, 15) is 0 Å². The van der Waals surface area contributed by atoms with Crippen LogP contribution in [0.15, 0.2) is 24.3 Å². The van der Waals surface area contributed by atoms with Gasteiger partial charge in [-0.15, -0.1) is 0 Å². The molecule has 3 rings (SSSR count). The second-order valence-electron chi connectivity index (χ2n) is 5.97. The lowest BCUT2D eigenvalue weighted by Crippen LogP contribution is -2.43. The van der Waals surface area contributed by atoms with E-state index < -0.39 is 0 Å². The summed E-state index contributed by atoms with van der Waals surface area (Å²) >= 11 is 0. The summed E-state index contributed by atoms with van der Waals surface area (Å²) in [5.74, 6) is 0. The number of fused-ring (bicyclic) bond motifs is 1. The fourth-order valence-electron chi connectivity index (χ4n) is 3.56. The van der Waals surface area contributed by atoms with Gasteiger partial charge in [-0.05, 0) is 37.0 Å². The van der Waals surface area contributed by atoms with E-state index in [1.54, 1.807) is 7.11 Å². The van der Waals surface area contributed by atoms with E-state index in [1.165, 1.54) is 12.0 Å². The van der Waals surface area contributed by atoms with Crippen molar-refractivity contribution in [2.75, 3.05) is 20.3 Å². The van der Waals surface area contributed by atoms with Crippen molar-refractivity contribution in [1.82, 2.24) is 4.90 Å². The highest BCUT2D eigenvalue weighted by Gasteiger charge is 2.39. The fourth-order valence-corrected chi connectivity index (χ4v) is 3.56. The highest BCUT2D eigenvalue weighted by molar-refractivity contribution is 5.32. The van der Waals surface area contributed by atoms with Gasteiger partial charge in [0.15, 0.2) is 0 Å². The van der Waals surface area contributed by atoms with Crippen molar-refractivity contribution >= 4 is 0 Å². The molecule has 112 valence electrons. The molecule has 0 bridgehead atoms. The number of hydrogen-bond donors (Lipinski definition) is 0. The number of nitriles is 1. The topological polar surface area (TPSA) is 45.5 Å². The lowest BCUT2D eigenvalue weighted by atomic mass is 9.99. The summed E-state index contributed by atoms with van der Waals surface area (Å²) in [6.45, 7) is 2.69. The molecule has 21 heavy (non-hydrogen) atoms. The van der Waals surface area contributed by atoms with Crippen LogP contribution in [-0.4, -0.2) is 43.4 Å². The molecule has 0 aliphatic carbocycles. The van der Waals surface area contributed by atoms with Gasteiger partial charge in [0, 0.05) is 26.2 Å². The maximum absolute atomic E-state index is 8.99. The predicted octanol–water partition coefficient (Wildman–Crippen LogP) is 2.33. The Balaban J connectivity index is 1.62. The van der Waals surface area contributed by atoms with Crippen LogP contribution in [0, 0.1) is 11.3 Å². The van der Waals surface area contributed by atoms with Crippen LogP contribution < -0.4 is 0 Å². The number of benzene rings is 1. The number of ether oxygens (including phenoxy) is 2. The van der Waals surface area contributed by atoms with Gasteiger partial charge in [-0.1, -0.05) is 12.1 Å². The van der Waals surface area contributed by atoms with Gasteiger partial charge in [-0.25, -0.2) is 0 Å². The zero-order valence-corrected chi connectivity index (χ0v) is 12.5. The first-order valence-electron chi connectivity index (χ1n) is 7.67. The molecule has 0 aromatic heterocycles. The quantitative estimate of drug-likeness (QED) is 0.852. The van der Waals surface area contributed by atoms with Crippen LogP contribution in [0.25, 0.3) is 0 Å². The number of hydrogen-bond acceptors (Lipinski definition) is 4. The Kier molecular flexibility index (Phi) is 4.54. The Hall–Kier alpha value is -1.41. The van der Waals surface area contributed by atoms with Crippen molar-refractivity contribution in [2.45, 2.75) is 44.1 Å². The lowest BCUT2D eigenvalue weighted by molar-refractivity contribution is -0.0938. The smallest absolute Gasteiger partial charge is 0.0991 e. The first-order valence-corrected chi connectivity index (χ1v) is 7.67. The Morgan fingerprint density at radius 3 is 3.10 bits per heavy atom. The zero-order valence-electron chi connectivity index (χ0n) is 12.5. The molecule has 1 aromatic rings. The monoisotopic (exact) mass is 286 g/mol. The highest BCUT2D eigenvalue weighted by atomic mass is 16.5. The molecule has 2 saturated heterocycles. The van der Waals surface area contributed by atoms with Gasteiger partial charge in [0.25, 0.3) is 0 Å². The van der Waals surface area contributed by atoms with Gasteiger partial charge in [0.1, 0.15) is 0 Å². The maximum Gasteiger partial charge on any atom is 0.0991 e. The van der Waals surface area contributed by atoms with E-state index in [0.717, 1.165) is 31.5 Å². The fraction of sp³-hybridized carbons (Fsp3) is 0.588. The van der Waals surface area contributed by atoms with Crippen LogP contribution in [0.2, 0.25) is 0 Å². The number of nitrogens with zero attached hydrogens (tertiary/aromatic N) is 2. The number of rotatable bonds is 4. The maximum atomic E-state index is 8.99. The van der Waals surface area contributed by atoms with Gasteiger partial charge in [0.2, 0.25) is 0 Å². The summed E-state index contributed by atoms with van der Waals surface area (Å²) in [7, 11) is 1.73. The number of likely N-dealkylation sites (tertiary alicyclic amines) is 1. The molecule has 2 heterocycles. The molecule has 4 nitrogen and oxygen atoms in total. The van der Waals surface area contributed by atoms with Crippen LogP contribution in [0.5, 0.6) is 0 Å². The summed E-state index contributed by atoms with van der Waals surface area (Å²) < 4.78 is 11.4. The molecular formula is C17H22N2O2.